The fourth-order valence-electron chi connectivity index (χ4n) is 0.961. The topological polar surface area (TPSA) is 87.3 Å². The van der Waals surface area contributed by atoms with Gasteiger partial charge >= 0.3 is 11.8 Å². The molecule has 0 saturated heterocycles. The van der Waals surface area contributed by atoms with Crippen molar-refractivity contribution >= 4 is 27.7 Å². The van der Waals surface area contributed by atoms with Crippen LogP contribution in [0.1, 0.15) is 13.0 Å². The van der Waals surface area contributed by atoms with E-state index in [9.17, 15) is 14.9 Å². The Kier molecular flexibility index (Phi) is 3.40. The quantitative estimate of drug-likeness (QED) is 0.472. The molecule has 0 amide bonds. The number of carbonyl (C=O) groups excluding carboxylic acids is 1. The summed E-state index contributed by atoms with van der Waals surface area (Å²) in [5.41, 5.74) is 0. The van der Waals surface area contributed by atoms with Crippen molar-refractivity contribution in [3.8, 4) is 0 Å². The Bertz CT molecular complexity index is 403. The number of hydrogen-bond donors (Lipinski definition) is 0. The molecular weight excluding hydrogens is 270 g/mol. The van der Waals surface area contributed by atoms with Crippen molar-refractivity contribution in [2.45, 2.75) is 13.0 Å². The van der Waals surface area contributed by atoms with E-state index in [2.05, 4.69) is 25.8 Å². The number of nitrogens with zero attached hydrogens (tertiary/aromatic N) is 3. The number of methoxy groups -OCH3 is 1. The third-order valence-corrected chi connectivity index (χ3v) is 2.34. The van der Waals surface area contributed by atoms with Crippen molar-refractivity contribution in [2.75, 3.05) is 7.11 Å². The minimum absolute atomic E-state index is 0.225. The van der Waals surface area contributed by atoms with E-state index in [0.29, 0.717) is 0 Å². The summed E-state index contributed by atoms with van der Waals surface area (Å²) in [6.45, 7) is 1.54. The highest BCUT2D eigenvalue weighted by Gasteiger charge is 2.25. The van der Waals surface area contributed by atoms with Crippen molar-refractivity contribution in [1.82, 2.24) is 9.78 Å². The van der Waals surface area contributed by atoms with Gasteiger partial charge in [0.25, 0.3) is 0 Å². The summed E-state index contributed by atoms with van der Waals surface area (Å²) >= 11 is 2.98. The summed E-state index contributed by atoms with van der Waals surface area (Å²) in [7, 11) is 1.24. The predicted molar refractivity (Wildman–Crippen MR) is 53.3 cm³/mol. The molecule has 0 aliphatic rings. The molecule has 0 saturated carbocycles. The van der Waals surface area contributed by atoms with Crippen molar-refractivity contribution in [3.05, 3.63) is 20.8 Å². The van der Waals surface area contributed by atoms with Gasteiger partial charge in [0.2, 0.25) is 0 Å². The second-order valence-electron chi connectivity index (χ2n) is 2.74. The van der Waals surface area contributed by atoms with E-state index in [4.69, 9.17) is 0 Å². The van der Waals surface area contributed by atoms with Gasteiger partial charge in [-0.3, -0.25) is 0 Å². The van der Waals surface area contributed by atoms with Crippen molar-refractivity contribution in [3.63, 3.8) is 0 Å². The second kappa shape index (κ2) is 4.39. The molecule has 8 heteroatoms. The van der Waals surface area contributed by atoms with Gasteiger partial charge in [-0.15, -0.1) is 0 Å². The van der Waals surface area contributed by atoms with Gasteiger partial charge in [-0.2, -0.15) is 4.68 Å². The van der Waals surface area contributed by atoms with Crippen LogP contribution in [-0.4, -0.2) is 27.8 Å². The highest BCUT2D eigenvalue weighted by Crippen LogP contribution is 2.24. The minimum atomic E-state index is -0.694. The van der Waals surface area contributed by atoms with Crippen LogP contribution in [-0.2, 0) is 9.53 Å². The molecule has 0 aromatic carbocycles. The van der Waals surface area contributed by atoms with E-state index >= 15 is 0 Å². The highest BCUT2D eigenvalue weighted by molar-refractivity contribution is 9.10. The Labute approximate surface area is 93.3 Å². The smallest absolute Gasteiger partial charge is 0.404 e. The van der Waals surface area contributed by atoms with Crippen LogP contribution in [0.15, 0.2) is 10.7 Å². The van der Waals surface area contributed by atoms with Crippen LogP contribution in [0.5, 0.6) is 0 Å². The maximum Gasteiger partial charge on any atom is 0.404 e. The fraction of sp³-hybridized carbons (Fsp3) is 0.429. The molecule has 1 aromatic rings. The Morgan fingerprint density at radius 3 is 2.80 bits per heavy atom. The monoisotopic (exact) mass is 277 g/mol. The molecule has 0 N–H and O–H groups in total. The van der Waals surface area contributed by atoms with Gasteiger partial charge in [-0.25, -0.2) is 4.79 Å². The molecule has 0 aliphatic heterocycles. The Morgan fingerprint density at radius 1 is 1.80 bits per heavy atom. The standard InChI is InChI=1S/C7H8BrN3O4/c1-4(7(12)15-2)10-3-5(8)6(9-10)11(13)14/h3-4H,1-2H3/t4-/m1/s1. The van der Waals surface area contributed by atoms with Crippen LogP contribution < -0.4 is 0 Å². The SMILES string of the molecule is COC(=O)[C@@H](C)n1cc(Br)c([N+](=O)[O-])n1. The molecule has 82 valence electrons. The summed E-state index contributed by atoms with van der Waals surface area (Å²) in [6, 6.07) is -0.694. The molecule has 0 aliphatic carbocycles. The zero-order chi connectivity index (χ0) is 11.6. The molecule has 1 atom stereocenters. The summed E-state index contributed by atoms with van der Waals surface area (Å²) in [6.07, 6.45) is 1.36. The normalized spacial score (nSPS) is 12.2. The third-order valence-electron chi connectivity index (χ3n) is 1.78. The van der Waals surface area contributed by atoms with Crippen LogP contribution in [0.4, 0.5) is 5.82 Å². The Morgan fingerprint density at radius 2 is 2.40 bits per heavy atom. The molecule has 0 spiro atoms. The fourth-order valence-corrected chi connectivity index (χ4v) is 1.39. The number of halogens is 1. The summed E-state index contributed by atoms with van der Waals surface area (Å²) < 4.78 is 5.89. The number of aromatic nitrogens is 2. The zero-order valence-electron chi connectivity index (χ0n) is 8.01. The predicted octanol–water partition coefficient (Wildman–Crippen LogP) is 1.29. The molecule has 0 unspecified atom stereocenters. The van der Waals surface area contributed by atoms with E-state index < -0.39 is 16.9 Å². The number of hydrogen-bond acceptors (Lipinski definition) is 5. The zero-order valence-corrected chi connectivity index (χ0v) is 9.59. The second-order valence-corrected chi connectivity index (χ2v) is 3.59. The van der Waals surface area contributed by atoms with E-state index in [1.165, 1.54) is 24.9 Å². The van der Waals surface area contributed by atoms with E-state index in [0.717, 1.165) is 0 Å². The van der Waals surface area contributed by atoms with Gasteiger partial charge in [0.05, 0.1) is 18.4 Å². The van der Waals surface area contributed by atoms with Gasteiger partial charge in [0.15, 0.2) is 6.04 Å². The Hall–Kier alpha value is -1.44. The maximum absolute atomic E-state index is 11.1. The van der Waals surface area contributed by atoms with Crippen LogP contribution in [0.25, 0.3) is 0 Å². The summed E-state index contributed by atoms with van der Waals surface area (Å²) in [5, 5.41) is 14.1. The van der Waals surface area contributed by atoms with E-state index in [1.807, 2.05) is 0 Å². The Balaban J connectivity index is 3.02. The number of ether oxygens (including phenoxy) is 1. The molecule has 0 bridgehead atoms. The maximum atomic E-state index is 11.1. The van der Waals surface area contributed by atoms with E-state index in [-0.39, 0.29) is 10.3 Å². The number of nitro groups is 1. The molecule has 1 aromatic heterocycles. The molecule has 0 fully saturated rings. The first kappa shape index (κ1) is 11.6. The first-order chi connectivity index (χ1) is 6.97. The van der Waals surface area contributed by atoms with Crippen LogP contribution >= 0.6 is 15.9 Å². The van der Waals surface area contributed by atoms with Crippen molar-refractivity contribution in [2.24, 2.45) is 0 Å². The minimum Gasteiger partial charge on any atom is -0.467 e. The summed E-state index contributed by atoms with van der Waals surface area (Å²) in [4.78, 5) is 21.0. The molecule has 1 rings (SSSR count). The lowest BCUT2D eigenvalue weighted by molar-refractivity contribution is -0.390. The van der Waals surface area contributed by atoms with Gasteiger partial charge in [-0.05, 0) is 27.8 Å². The third kappa shape index (κ3) is 2.32. The lowest BCUT2D eigenvalue weighted by Gasteiger charge is -2.04. The average molecular weight is 278 g/mol. The average Bonchev–Trinajstić information content (AvgIpc) is 2.58. The molecule has 7 nitrogen and oxygen atoms in total. The molecule has 15 heavy (non-hydrogen) atoms. The van der Waals surface area contributed by atoms with Gasteiger partial charge < -0.3 is 14.9 Å². The first-order valence-corrected chi connectivity index (χ1v) is 4.73. The molecule has 1 heterocycles. The van der Waals surface area contributed by atoms with Gasteiger partial charge in [0.1, 0.15) is 4.47 Å². The summed E-state index contributed by atoms with van der Waals surface area (Å²) in [5.74, 6) is -0.842. The first-order valence-electron chi connectivity index (χ1n) is 3.94. The van der Waals surface area contributed by atoms with Crippen molar-refractivity contribution in [1.29, 1.82) is 0 Å². The van der Waals surface area contributed by atoms with E-state index in [1.54, 1.807) is 0 Å². The number of rotatable bonds is 3. The lowest BCUT2D eigenvalue weighted by atomic mass is 10.3. The van der Waals surface area contributed by atoms with Crippen LogP contribution in [0.3, 0.4) is 0 Å². The molecule has 0 radical (unpaired) electrons. The number of esters is 1. The number of carbonyl (C=O) groups is 1. The largest absolute Gasteiger partial charge is 0.467 e. The van der Waals surface area contributed by atoms with Crippen LogP contribution in [0.2, 0.25) is 0 Å². The van der Waals surface area contributed by atoms with Gasteiger partial charge in [0, 0.05) is 0 Å². The van der Waals surface area contributed by atoms with Crippen molar-refractivity contribution < 1.29 is 14.5 Å². The van der Waals surface area contributed by atoms with Crippen LogP contribution in [0, 0.1) is 10.1 Å². The van der Waals surface area contributed by atoms with Gasteiger partial charge in [-0.1, -0.05) is 0 Å². The highest BCUT2D eigenvalue weighted by atomic mass is 79.9. The lowest BCUT2D eigenvalue weighted by Crippen LogP contribution is -2.18. The molecular formula is C7H8BrN3O4.